The molecular formula is C24H28N4O3. The first-order chi connectivity index (χ1) is 15.0. The number of aromatic nitrogens is 3. The SMILES string of the molecule is COc1ccc([C@H]2C[C@@H](c3ccccc3OC)n3ncnc3N2C(=O)CC(C)C)cc1. The number of para-hydroxylation sites is 1. The molecular weight excluding hydrogens is 392 g/mol. The monoisotopic (exact) mass is 420 g/mol. The average Bonchev–Trinajstić information content (AvgIpc) is 3.27. The smallest absolute Gasteiger partial charge is 0.231 e. The van der Waals surface area contributed by atoms with Gasteiger partial charge in [-0.25, -0.2) is 4.68 Å². The molecule has 7 nitrogen and oxygen atoms in total. The van der Waals surface area contributed by atoms with E-state index in [4.69, 9.17) is 9.47 Å². The van der Waals surface area contributed by atoms with Crippen LogP contribution in [0.5, 0.6) is 11.5 Å². The molecule has 2 aromatic carbocycles. The van der Waals surface area contributed by atoms with Crippen molar-refractivity contribution in [2.24, 2.45) is 5.92 Å². The summed E-state index contributed by atoms with van der Waals surface area (Å²) in [5.74, 6) is 2.43. The van der Waals surface area contributed by atoms with Crippen molar-refractivity contribution in [2.45, 2.75) is 38.8 Å². The zero-order valence-corrected chi connectivity index (χ0v) is 18.4. The van der Waals surface area contributed by atoms with Crippen molar-refractivity contribution >= 4 is 11.9 Å². The lowest BCUT2D eigenvalue weighted by Crippen LogP contribution is -2.43. The predicted octanol–water partition coefficient (Wildman–Crippen LogP) is 4.41. The number of carbonyl (C=O) groups is 1. The highest BCUT2D eigenvalue weighted by molar-refractivity contribution is 5.93. The van der Waals surface area contributed by atoms with Crippen molar-refractivity contribution in [3.8, 4) is 11.5 Å². The maximum atomic E-state index is 13.3. The van der Waals surface area contributed by atoms with E-state index in [-0.39, 0.29) is 23.9 Å². The van der Waals surface area contributed by atoms with Crippen molar-refractivity contribution in [3.63, 3.8) is 0 Å². The molecule has 2 atom stereocenters. The van der Waals surface area contributed by atoms with Gasteiger partial charge in [0, 0.05) is 12.0 Å². The van der Waals surface area contributed by atoms with Gasteiger partial charge in [0.25, 0.3) is 0 Å². The molecule has 0 bridgehead atoms. The Morgan fingerprint density at radius 3 is 2.48 bits per heavy atom. The third-order valence-corrected chi connectivity index (χ3v) is 5.67. The molecule has 4 rings (SSSR count). The number of carbonyl (C=O) groups excluding carboxylic acids is 1. The Labute approximate surface area is 182 Å². The molecule has 0 fully saturated rings. The second-order valence-corrected chi connectivity index (χ2v) is 8.15. The zero-order chi connectivity index (χ0) is 22.0. The Hall–Kier alpha value is -3.35. The first-order valence-electron chi connectivity index (χ1n) is 10.5. The first-order valence-corrected chi connectivity index (χ1v) is 10.5. The van der Waals surface area contributed by atoms with E-state index >= 15 is 0 Å². The highest BCUT2D eigenvalue weighted by atomic mass is 16.5. The summed E-state index contributed by atoms with van der Waals surface area (Å²) in [6, 6.07) is 15.5. The van der Waals surface area contributed by atoms with Crippen LogP contribution in [-0.2, 0) is 4.79 Å². The summed E-state index contributed by atoms with van der Waals surface area (Å²) in [6.45, 7) is 4.10. The number of anilines is 1. The molecule has 3 aromatic rings. The van der Waals surface area contributed by atoms with Crippen molar-refractivity contribution in [2.75, 3.05) is 19.1 Å². The standard InChI is InChI=1S/C24H28N4O3/c1-16(2)13-23(29)27-20(17-9-11-18(30-3)12-10-17)14-21(28-24(27)25-15-26-28)19-7-5-6-8-22(19)31-4/h5-12,15-16,20-21H,13-14H2,1-4H3/t20-,21+/m1/s1. The number of nitrogens with zero attached hydrogens (tertiary/aromatic N) is 4. The molecule has 0 saturated carbocycles. The molecule has 0 aliphatic carbocycles. The third-order valence-electron chi connectivity index (χ3n) is 5.67. The Morgan fingerprint density at radius 2 is 1.81 bits per heavy atom. The van der Waals surface area contributed by atoms with E-state index in [2.05, 4.69) is 10.1 Å². The first kappa shape index (κ1) is 20.9. The van der Waals surface area contributed by atoms with Gasteiger partial charge in [-0.3, -0.25) is 9.69 Å². The van der Waals surface area contributed by atoms with Crippen molar-refractivity contribution < 1.29 is 14.3 Å². The Balaban J connectivity index is 1.83. The van der Waals surface area contributed by atoms with Crippen LogP contribution in [0.3, 0.4) is 0 Å². The van der Waals surface area contributed by atoms with E-state index < -0.39 is 0 Å². The summed E-state index contributed by atoms with van der Waals surface area (Å²) in [4.78, 5) is 19.6. The molecule has 1 aliphatic heterocycles. The fourth-order valence-electron chi connectivity index (χ4n) is 4.24. The normalized spacial score (nSPS) is 18.0. The highest BCUT2D eigenvalue weighted by Gasteiger charge is 2.40. The van der Waals surface area contributed by atoms with Gasteiger partial charge >= 0.3 is 0 Å². The summed E-state index contributed by atoms with van der Waals surface area (Å²) in [5, 5.41) is 4.49. The van der Waals surface area contributed by atoms with Crippen LogP contribution in [0.25, 0.3) is 0 Å². The van der Waals surface area contributed by atoms with Gasteiger partial charge in [-0.15, -0.1) is 0 Å². The molecule has 1 amide bonds. The molecule has 1 aliphatic rings. The maximum Gasteiger partial charge on any atom is 0.231 e. The molecule has 1 aromatic heterocycles. The second-order valence-electron chi connectivity index (χ2n) is 8.15. The molecule has 7 heteroatoms. The number of fused-ring (bicyclic) bond motifs is 1. The molecule has 0 unspecified atom stereocenters. The average molecular weight is 421 g/mol. The van der Waals surface area contributed by atoms with Crippen LogP contribution in [0.2, 0.25) is 0 Å². The van der Waals surface area contributed by atoms with Crippen LogP contribution >= 0.6 is 0 Å². The number of benzene rings is 2. The van der Waals surface area contributed by atoms with E-state index in [0.29, 0.717) is 18.8 Å². The minimum absolute atomic E-state index is 0.0449. The minimum Gasteiger partial charge on any atom is -0.497 e. The van der Waals surface area contributed by atoms with E-state index in [1.165, 1.54) is 6.33 Å². The maximum absolute atomic E-state index is 13.3. The van der Waals surface area contributed by atoms with Gasteiger partial charge in [0.2, 0.25) is 11.9 Å². The van der Waals surface area contributed by atoms with Gasteiger partial charge in [-0.1, -0.05) is 44.2 Å². The summed E-state index contributed by atoms with van der Waals surface area (Å²) in [7, 11) is 3.32. The van der Waals surface area contributed by atoms with E-state index in [1.807, 2.05) is 67.1 Å². The van der Waals surface area contributed by atoms with E-state index in [1.54, 1.807) is 19.1 Å². The van der Waals surface area contributed by atoms with Gasteiger partial charge in [-0.2, -0.15) is 10.1 Å². The quantitative estimate of drug-likeness (QED) is 0.591. The molecule has 0 N–H and O–H groups in total. The fourth-order valence-corrected chi connectivity index (χ4v) is 4.24. The van der Waals surface area contributed by atoms with Crippen LogP contribution in [0.15, 0.2) is 54.9 Å². The van der Waals surface area contributed by atoms with Gasteiger partial charge in [0.05, 0.1) is 26.3 Å². The highest BCUT2D eigenvalue weighted by Crippen LogP contribution is 2.44. The third kappa shape index (κ3) is 4.00. The number of hydrogen-bond donors (Lipinski definition) is 0. The summed E-state index contributed by atoms with van der Waals surface area (Å²) < 4.78 is 12.8. The minimum atomic E-state index is -0.177. The molecule has 0 saturated heterocycles. The predicted molar refractivity (Wildman–Crippen MR) is 118 cm³/mol. The van der Waals surface area contributed by atoms with Crippen molar-refractivity contribution in [3.05, 3.63) is 66.0 Å². The number of hydrogen-bond acceptors (Lipinski definition) is 5. The van der Waals surface area contributed by atoms with Crippen LogP contribution in [0.1, 0.15) is 49.9 Å². The lowest BCUT2D eigenvalue weighted by Gasteiger charge is -2.39. The summed E-state index contributed by atoms with van der Waals surface area (Å²) in [6.07, 6.45) is 2.62. The number of amides is 1. The van der Waals surface area contributed by atoms with E-state index in [9.17, 15) is 4.79 Å². The lowest BCUT2D eigenvalue weighted by atomic mass is 9.91. The van der Waals surface area contributed by atoms with Gasteiger partial charge < -0.3 is 9.47 Å². The second kappa shape index (κ2) is 8.79. The molecule has 2 heterocycles. The van der Waals surface area contributed by atoms with Crippen LogP contribution in [0, 0.1) is 5.92 Å². The van der Waals surface area contributed by atoms with Crippen molar-refractivity contribution in [1.82, 2.24) is 14.8 Å². The van der Waals surface area contributed by atoms with Crippen molar-refractivity contribution in [1.29, 1.82) is 0 Å². The summed E-state index contributed by atoms with van der Waals surface area (Å²) >= 11 is 0. The molecule has 31 heavy (non-hydrogen) atoms. The van der Waals surface area contributed by atoms with Gasteiger partial charge in [0.1, 0.15) is 17.8 Å². The topological polar surface area (TPSA) is 69.5 Å². The largest absolute Gasteiger partial charge is 0.497 e. The number of ether oxygens (including phenoxy) is 2. The Kier molecular flexibility index (Phi) is 5.93. The lowest BCUT2D eigenvalue weighted by molar-refractivity contribution is -0.120. The molecule has 0 spiro atoms. The molecule has 162 valence electrons. The summed E-state index contributed by atoms with van der Waals surface area (Å²) in [5.41, 5.74) is 2.05. The van der Waals surface area contributed by atoms with E-state index in [0.717, 1.165) is 22.6 Å². The number of rotatable bonds is 6. The van der Waals surface area contributed by atoms with Crippen LogP contribution in [-0.4, -0.2) is 34.9 Å². The Bertz CT molecular complexity index is 1040. The van der Waals surface area contributed by atoms with Gasteiger partial charge in [0.15, 0.2) is 0 Å². The van der Waals surface area contributed by atoms with Crippen LogP contribution < -0.4 is 14.4 Å². The van der Waals surface area contributed by atoms with Crippen LogP contribution in [0.4, 0.5) is 5.95 Å². The molecule has 0 radical (unpaired) electrons. The Morgan fingerprint density at radius 1 is 1.06 bits per heavy atom. The number of methoxy groups -OCH3 is 2. The van der Waals surface area contributed by atoms with Gasteiger partial charge in [-0.05, 0) is 36.1 Å². The fraction of sp³-hybridized carbons (Fsp3) is 0.375. The zero-order valence-electron chi connectivity index (χ0n) is 18.4.